The lowest BCUT2D eigenvalue weighted by Gasteiger charge is -2.28. The smallest absolute Gasteiger partial charge is 0.126 e. The van der Waals surface area contributed by atoms with Crippen molar-refractivity contribution in [2.24, 2.45) is 0 Å². The minimum Gasteiger partial charge on any atom is -0.390 e. The van der Waals surface area contributed by atoms with Crippen molar-refractivity contribution in [2.45, 2.75) is 38.8 Å². The summed E-state index contributed by atoms with van der Waals surface area (Å²) in [6.45, 7) is 7.92. The molecule has 0 bridgehead atoms. The maximum atomic E-state index is 13.9. The monoisotopic (exact) mass is 404 g/mol. The van der Waals surface area contributed by atoms with E-state index in [1.165, 1.54) is 6.07 Å². The minimum absolute atomic E-state index is 0.0114. The molecule has 0 fully saturated rings. The standard InChI is InChI=1S/C25H29FN4/c1-17-14-21(10-12-23(17)26)24(13-11-22-16-28-18(2)15-29-22)30-25(19(3)27-4)20-8-6-5-7-9-20/h5-10,12,14-16,24-25,27,30H,3,11,13H2,1-2,4H3. The van der Waals surface area contributed by atoms with E-state index in [9.17, 15) is 4.39 Å². The van der Waals surface area contributed by atoms with Crippen LogP contribution in [0.5, 0.6) is 0 Å². The number of benzene rings is 2. The number of aryl methyl sites for hydroxylation is 3. The van der Waals surface area contributed by atoms with Crippen molar-refractivity contribution in [2.75, 3.05) is 7.05 Å². The summed E-state index contributed by atoms with van der Waals surface area (Å²) in [4.78, 5) is 8.83. The fraction of sp³-hybridized carbons (Fsp3) is 0.280. The molecule has 0 aliphatic heterocycles. The molecule has 3 rings (SSSR count). The number of hydrogen-bond acceptors (Lipinski definition) is 4. The average Bonchev–Trinajstić information content (AvgIpc) is 2.77. The van der Waals surface area contributed by atoms with Crippen LogP contribution in [0.2, 0.25) is 0 Å². The van der Waals surface area contributed by atoms with Crippen molar-refractivity contribution >= 4 is 0 Å². The van der Waals surface area contributed by atoms with E-state index in [1.54, 1.807) is 13.1 Å². The molecule has 0 spiro atoms. The zero-order chi connectivity index (χ0) is 21.5. The third kappa shape index (κ3) is 5.51. The van der Waals surface area contributed by atoms with Crippen LogP contribution in [0.3, 0.4) is 0 Å². The van der Waals surface area contributed by atoms with E-state index in [1.807, 2.05) is 50.5 Å². The Labute approximate surface area is 178 Å². The molecular formula is C25H29FN4. The molecule has 5 heteroatoms. The van der Waals surface area contributed by atoms with Crippen molar-refractivity contribution in [3.05, 3.63) is 107 Å². The van der Waals surface area contributed by atoms with E-state index in [-0.39, 0.29) is 17.9 Å². The molecule has 156 valence electrons. The molecule has 0 radical (unpaired) electrons. The molecule has 0 saturated heterocycles. The van der Waals surface area contributed by atoms with Crippen molar-refractivity contribution in [1.29, 1.82) is 0 Å². The first kappa shape index (κ1) is 21.7. The largest absolute Gasteiger partial charge is 0.390 e. The van der Waals surface area contributed by atoms with Gasteiger partial charge in [-0.05, 0) is 49.4 Å². The Morgan fingerprint density at radius 1 is 1.03 bits per heavy atom. The summed E-state index contributed by atoms with van der Waals surface area (Å²) in [5, 5.41) is 6.91. The van der Waals surface area contributed by atoms with E-state index in [2.05, 4.69) is 39.3 Å². The highest BCUT2D eigenvalue weighted by molar-refractivity contribution is 5.30. The van der Waals surface area contributed by atoms with Crippen LogP contribution in [0.1, 0.15) is 46.6 Å². The Bertz CT molecular complexity index is 970. The van der Waals surface area contributed by atoms with Crippen LogP contribution >= 0.6 is 0 Å². The van der Waals surface area contributed by atoms with Gasteiger partial charge in [0.1, 0.15) is 5.82 Å². The summed E-state index contributed by atoms with van der Waals surface area (Å²) >= 11 is 0. The Balaban J connectivity index is 1.89. The quantitative estimate of drug-likeness (QED) is 0.529. The van der Waals surface area contributed by atoms with Crippen LogP contribution in [0.15, 0.2) is 73.2 Å². The van der Waals surface area contributed by atoms with Gasteiger partial charge >= 0.3 is 0 Å². The fourth-order valence-corrected chi connectivity index (χ4v) is 3.46. The summed E-state index contributed by atoms with van der Waals surface area (Å²) < 4.78 is 13.9. The SMILES string of the molecule is C=C(NC)C(NC(CCc1cnc(C)cn1)c1ccc(F)c(C)c1)c1ccccc1. The Morgan fingerprint density at radius 3 is 2.43 bits per heavy atom. The van der Waals surface area contributed by atoms with Gasteiger partial charge in [-0.3, -0.25) is 15.3 Å². The Morgan fingerprint density at radius 2 is 1.80 bits per heavy atom. The molecule has 2 atom stereocenters. The third-order valence-corrected chi connectivity index (χ3v) is 5.28. The van der Waals surface area contributed by atoms with Gasteiger partial charge in [0.05, 0.1) is 17.4 Å². The maximum absolute atomic E-state index is 13.9. The highest BCUT2D eigenvalue weighted by atomic mass is 19.1. The second-order valence-electron chi connectivity index (χ2n) is 7.53. The molecule has 2 unspecified atom stereocenters. The molecule has 0 aliphatic rings. The predicted octanol–water partition coefficient (Wildman–Crippen LogP) is 4.97. The molecule has 0 saturated carbocycles. The van der Waals surface area contributed by atoms with Gasteiger partial charge in [-0.2, -0.15) is 0 Å². The molecule has 0 amide bonds. The van der Waals surface area contributed by atoms with Gasteiger partial charge in [-0.15, -0.1) is 0 Å². The molecule has 4 nitrogen and oxygen atoms in total. The van der Waals surface area contributed by atoms with Gasteiger partial charge in [0, 0.05) is 31.2 Å². The average molecular weight is 405 g/mol. The van der Waals surface area contributed by atoms with Crippen LogP contribution in [0.4, 0.5) is 4.39 Å². The van der Waals surface area contributed by atoms with Crippen molar-refractivity contribution in [3.8, 4) is 0 Å². The number of likely N-dealkylation sites (N-methyl/N-ethyl adjacent to an activating group) is 1. The lowest BCUT2D eigenvalue weighted by molar-refractivity contribution is 0.443. The van der Waals surface area contributed by atoms with Gasteiger partial charge < -0.3 is 5.32 Å². The number of nitrogens with zero attached hydrogens (tertiary/aromatic N) is 2. The molecule has 30 heavy (non-hydrogen) atoms. The number of halogens is 1. The molecule has 2 N–H and O–H groups in total. The zero-order valence-electron chi connectivity index (χ0n) is 17.8. The number of hydrogen-bond donors (Lipinski definition) is 2. The summed E-state index contributed by atoms with van der Waals surface area (Å²) in [7, 11) is 1.87. The van der Waals surface area contributed by atoms with Gasteiger partial charge in [-0.25, -0.2) is 4.39 Å². The Hall–Kier alpha value is -3.05. The predicted molar refractivity (Wildman–Crippen MR) is 119 cm³/mol. The molecule has 2 aromatic carbocycles. The first-order chi connectivity index (χ1) is 14.5. The molecule has 0 aliphatic carbocycles. The zero-order valence-corrected chi connectivity index (χ0v) is 17.8. The second kappa shape index (κ2) is 10.1. The van der Waals surface area contributed by atoms with Crippen LogP contribution < -0.4 is 10.6 Å². The lowest BCUT2D eigenvalue weighted by Crippen LogP contribution is -2.31. The van der Waals surface area contributed by atoms with Crippen molar-refractivity contribution < 1.29 is 4.39 Å². The molecule has 1 heterocycles. The van der Waals surface area contributed by atoms with Crippen molar-refractivity contribution in [3.63, 3.8) is 0 Å². The van der Waals surface area contributed by atoms with Crippen LogP contribution in [0.25, 0.3) is 0 Å². The summed E-state index contributed by atoms with van der Waals surface area (Å²) in [6, 6.07) is 15.4. The van der Waals surface area contributed by atoms with Crippen LogP contribution in [-0.2, 0) is 6.42 Å². The lowest BCUT2D eigenvalue weighted by atomic mass is 9.96. The van der Waals surface area contributed by atoms with Gasteiger partial charge in [0.15, 0.2) is 0 Å². The number of aromatic nitrogens is 2. The van der Waals surface area contributed by atoms with Gasteiger partial charge in [-0.1, -0.05) is 49.0 Å². The number of nitrogens with one attached hydrogen (secondary N) is 2. The Kier molecular flexibility index (Phi) is 7.31. The highest BCUT2D eigenvalue weighted by Gasteiger charge is 2.21. The normalized spacial score (nSPS) is 12.9. The van der Waals surface area contributed by atoms with E-state index in [4.69, 9.17) is 0 Å². The van der Waals surface area contributed by atoms with E-state index >= 15 is 0 Å². The van der Waals surface area contributed by atoms with Crippen molar-refractivity contribution in [1.82, 2.24) is 20.6 Å². The summed E-state index contributed by atoms with van der Waals surface area (Å²) in [5.41, 5.74) is 5.51. The molecular weight excluding hydrogens is 375 g/mol. The summed E-state index contributed by atoms with van der Waals surface area (Å²) in [6.07, 6.45) is 5.16. The van der Waals surface area contributed by atoms with E-state index in [0.717, 1.165) is 41.1 Å². The minimum atomic E-state index is -0.193. The molecule has 3 aromatic rings. The third-order valence-electron chi connectivity index (χ3n) is 5.28. The van der Waals surface area contributed by atoms with E-state index < -0.39 is 0 Å². The van der Waals surface area contributed by atoms with Gasteiger partial charge in [0.2, 0.25) is 0 Å². The fourth-order valence-electron chi connectivity index (χ4n) is 3.46. The topological polar surface area (TPSA) is 49.8 Å². The first-order valence-corrected chi connectivity index (χ1v) is 10.2. The maximum Gasteiger partial charge on any atom is 0.126 e. The van der Waals surface area contributed by atoms with Crippen LogP contribution in [-0.4, -0.2) is 17.0 Å². The molecule has 1 aromatic heterocycles. The van der Waals surface area contributed by atoms with E-state index in [0.29, 0.717) is 5.56 Å². The first-order valence-electron chi connectivity index (χ1n) is 10.2. The van der Waals surface area contributed by atoms with Gasteiger partial charge in [0.25, 0.3) is 0 Å². The summed E-state index contributed by atoms with van der Waals surface area (Å²) in [5.74, 6) is -0.193. The number of rotatable bonds is 9. The highest BCUT2D eigenvalue weighted by Crippen LogP contribution is 2.28. The van der Waals surface area contributed by atoms with Crippen LogP contribution in [0, 0.1) is 19.7 Å². The second-order valence-corrected chi connectivity index (χ2v) is 7.53.